The van der Waals surface area contributed by atoms with Crippen molar-refractivity contribution in [2.75, 3.05) is 25.5 Å². The number of aromatic nitrogens is 2. The van der Waals surface area contributed by atoms with Crippen molar-refractivity contribution in [3.8, 4) is 0 Å². The Balaban J connectivity index is 1.30. The molecule has 2 aromatic carbocycles. The topological polar surface area (TPSA) is 62.2 Å². The summed E-state index contributed by atoms with van der Waals surface area (Å²) in [7, 11) is 2.13. The zero-order valence-corrected chi connectivity index (χ0v) is 19.5. The van der Waals surface area contributed by atoms with Crippen LogP contribution in [0.4, 0.5) is 5.69 Å². The molecule has 0 unspecified atom stereocenters. The van der Waals surface area contributed by atoms with Crippen LogP contribution in [0.5, 0.6) is 0 Å². The van der Waals surface area contributed by atoms with Crippen molar-refractivity contribution < 1.29 is 0 Å². The van der Waals surface area contributed by atoms with Crippen LogP contribution in [0, 0.1) is 0 Å². The van der Waals surface area contributed by atoms with E-state index in [1.54, 1.807) is 0 Å². The summed E-state index contributed by atoms with van der Waals surface area (Å²) in [5.41, 5.74) is 2.94. The maximum absolute atomic E-state index is 13.0. The van der Waals surface area contributed by atoms with Gasteiger partial charge in [0.15, 0.2) is 5.11 Å². The second-order valence-corrected chi connectivity index (χ2v) is 8.89. The number of hydrogen-bond acceptors (Lipinski definition) is 4. The van der Waals surface area contributed by atoms with E-state index >= 15 is 0 Å². The van der Waals surface area contributed by atoms with Crippen LogP contribution in [0.3, 0.4) is 0 Å². The molecule has 1 aliphatic heterocycles. The summed E-state index contributed by atoms with van der Waals surface area (Å²) >= 11 is 5.46. The molecule has 0 aliphatic carbocycles. The molecule has 0 bridgehead atoms. The molecule has 168 valence electrons. The standard InChI is InChI=1S/C25H31N5OS/c1-29(18-19-9-4-2-5-10-19)15-8-14-26-25(32)27-20-12-13-22-21(17-20)24(31)30-16-7-3-6-11-23(30)28-22/h2,4-5,9-10,12-13,17H,3,6-8,11,14-16,18H2,1H3,(H2,26,27,32). The second-order valence-electron chi connectivity index (χ2n) is 8.49. The molecule has 0 amide bonds. The average molecular weight is 450 g/mol. The van der Waals surface area contributed by atoms with Gasteiger partial charge in [0.1, 0.15) is 5.82 Å². The van der Waals surface area contributed by atoms with Crippen molar-refractivity contribution in [1.29, 1.82) is 0 Å². The van der Waals surface area contributed by atoms with Crippen LogP contribution in [-0.4, -0.2) is 39.7 Å². The second kappa shape index (κ2) is 10.7. The largest absolute Gasteiger partial charge is 0.362 e. The molecule has 0 fully saturated rings. The van der Waals surface area contributed by atoms with E-state index in [2.05, 4.69) is 46.8 Å². The minimum Gasteiger partial charge on any atom is -0.362 e. The first-order valence-electron chi connectivity index (χ1n) is 11.4. The molecule has 0 saturated heterocycles. The fourth-order valence-corrected chi connectivity index (χ4v) is 4.42. The molecule has 1 aliphatic rings. The number of anilines is 1. The highest BCUT2D eigenvalue weighted by atomic mass is 32.1. The lowest BCUT2D eigenvalue weighted by Crippen LogP contribution is -2.31. The molecule has 0 spiro atoms. The van der Waals surface area contributed by atoms with Gasteiger partial charge in [0.05, 0.1) is 10.9 Å². The van der Waals surface area contributed by atoms with Gasteiger partial charge >= 0.3 is 0 Å². The number of hydrogen-bond donors (Lipinski definition) is 2. The van der Waals surface area contributed by atoms with E-state index in [-0.39, 0.29) is 5.56 Å². The van der Waals surface area contributed by atoms with Gasteiger partial charge in [-0.3, -0.25) is 9.36 Å². The van der Waals surface area contributed by atoms with Gasteiger partial charge in [0.2, 0.25) is 0 Å². The summed E-state index contributed by atoms with van der Waals surface area (Å²) in [6.45, 7) is 3.46. The van der Waals surface area contributed by atoms with Crippen LogP contribution in [0.1, 0.15) is 37.1 Å². The Labute approximate surface area is 194 Å². The summed E-state index contributed by atoms with van der Waals surface area (Å²) < 4.78 is 1.85. The van der Waals surface area contributed by atoms with Crippen molar-refractivity contribution in [3.63, 3.8) is 0 Å². The van der Waals surface area contributed by atoms with Gasteiger partial charge in [0.25, 0.3) is 5.56 Å². The summed E-state index contributed by atoms with van der Waals surface area (Å²) in [6, 6.07) is 16.2. The molecular formula is C25H31N5OS. The van der Waals surface area contributed by atoms with Crippen LogP contribution >= 0.6 is 12.2 Å². The lowest BCUT2D eigenvalue weighted by molar-refractivity contribution is 0.322. The van der Waals surface area contributed by atoms with Crippen molar-refractivity contribution in [2.45, 2.75) is 45.2 Å². The first-order chi connectivity index (χ1) is 15.6. The summed E-state index contributed by atoms with van der Waals surface area (Å²) in [6.07, 6.45) is 5.14. The van der Waals surface area contributed by atoms with Gasteiger partial charge in [-0.15, -0.1) is 0 Å². The highest BCUT2D eigenvalue weighted by Gasteiger charge is 2.14. The number of benzene rings is 2. The average Bonchev–Trinajstić information content (AvgIpc) is 3.04. The molecule has 0 saturated carbocycles. The Hall–Kier alpha value is -2.77. The number of nitrogens with one attached hydrogen (secondary N) is 2. The molecule has 2 N–H and O–H groups in total. The normalized spacial score (nSPS) is 13.6. The molecule has 7 heteroatoms. The van der Waals surface area contributed by atoms with E-state index in [4.69, 9.17) is 17.2 Å². The molecule has 6 nitrogen and oxygen atoms in total. The third kappa shape index (κ3) is 5.72. The van der Waals surface area contributed by atoms with E-state index in [0.717, 1.165) is 75.3 Å². The molecule has 3 aromatic rings. The minimum absolute atomic E-state index is 0.0517. The van der Waals surface area contributed by atoms with E-state index in [1.807, 2.05) is 28.8 Å². The van der Waals surface area contributed by atoms with Crippen LogP contribution in [0.25, 0.3) is 10.9 Å². The van der Waals surface area contributed by atoms with Gasteiger partial charge in [-0.05, 0) is 68.8 Å². The predicted molar refractivity (Wildman–Crippen MR) is 135 cm³/mol. The van der Waals surface area contributed by atoms with Gasteiger partial charge in [0, 0.05) is 31.7 Å². The third-order valence-corrected chi connectivity index (χ3v) is 6.12. The lowest BCUT2D eigenvalue weighted by Gasteiger charge is -2.17. The van der Waals surface area contributed by atoms with E-state index in [1.165, 1.54) is 5.56 Å². The fraction of sp³-hybridized carbons (Fsp3) is 0.400. The van der Waals surface area contributed by atoms with E-state index < -0.39 is 0 Å². The number of thiocarbonyl (C=S) groups is 1. The maximum Gasteiger partial charge on any atom is 0.261 e. The van der Waals surface area contributed by atoms with Crippen molar-refractivity contribution in [2.24, 2.45) is 0 Å². The zero-order valence-electron chi connectivity index (χ0n) is 18.6. The zero-order chi connectivity index (χ0) is 22.3. The first kappa shape index (κ1) is 22.4. The summed E-state index contributed by atoms with van der Waals surface area (Å²) in [5.74, 6) is 0.912. The lowest BCUT2D eigenvalue weighted by atomic mass is 10.2. The van der Waals surface area contributed by atoms with Gasteiger partial charge < -0.3 is 15.5 Å². The Morgan fingerprint density at radius 3 is 2.84 bits per heavy atom. The molecular weight excluding hydrogens is 418 g/mol. The fourth-order valence-electron chi connectivity index (χ4n) is 4.20. The molecule has 0 atom stereocenters. The number of fused-ring (bicyclic) bond motifs is 2. The minimum atomic E-state index is 0.0517. The molecule has 4 rings (SSSR count). The monoisotopic (exact) mass is 449 g/mol. The van der Waals surface area contributed by atoms with Crippen LogP contribution in [-0.2, 0) is 19.5 Å². The highest BCUT2D eigenvalue weighted by molar-refractivity contribution is 7.80. The molecule has 2 heterocycles. The van der Waals surface area contributed by atoms with Crippen molar-refractivity contribution >= 4 is 33.9 Å². The Morgan fingerprint density at radius 1 is 1.16 bits per heavy atom. The van der Waals surface area contributed by atoms with Crippen molar-refractivity contribution in [1.82, 2.24) is 19.8 Å². The van der Waals surface area contributed by atoms with Gasteiger partial charge in [-0.25, -0.2) is 4.98 Å². The van der Waals surface area contributed by atoms with Crippen LogP contribution < -0.4 is 16.2 Å². The quantitative estimate of drug-likeness (QED) is 0.421. The maximum atomic E-state index is 13.0. The van der Waals surface area contributed by atoms with Crippen LogP contribution in [0.15, 0.2) is 53.3 Å². The van der Waals surface area contributed by atoms with Gasteiger partial charge in [-0.1, -0.05) is 36.8 Å². The predicted octanol–water partition coefficient (Wildman–Crippen LogP) is 3.93. The van der Waals surface area contributed by atoms with Crippen molar-refractivity contribution in [3.05, 3.63) is 70.3 Å². The van der Waals surface area contributed by atoms with E-state index in [9.17, 15) is 4.79 Å². The number of aryl methyl sites for hydroxylation is 1. The summed E-state index contributed by atoms with van der Waals surface area (Å²) in [4.78, 5) is 20.1. The van der Waals surface area contributed by atoms with E-state index in [0.29, 0.717) is 10.5 Å². The van der Waals surface area contributed by atoms with Gasteiger partial charge in [-0.2, -0.15) is 0 Å². The summed E-state index contributed by atoms with van der Waals surface area (Å²) in [5, 5.41) is 7.69. The molecule has 32 heavy (non-hydrogen) atoms. The Bertz CT molecular complexity index is 1130. The Morgan fingerprint density at radius 2 is 2.00 bits per heavy atom. The van der Waals surface area contributed by atoms with Crippen LogP contribution in [0.2, 0.25) is 0 Å². The SMILES string of the molecule is CN(CCCNC(=S)Nc1ccc2nc3n(c(=O)c2c1)CCCCC3)Cc1ccccc1. The first-order valence-corrected chi connectivity index (χ1v) is 11.8. The third-order valence-electron chi connectivity index (χ3n) is 5.87. The number of rotatable bonds is 7. The number of nitrogens with zero attached hydrogens (tertiary/aromatic N) is 3. The molecule has 1 aromatic heterocycles. The highest BCUT2D eigenvalue weighted by Crippen LogP contribution is 2.18. The molecule has 0 radical (unpaired) electrons. The Kier molecular flexibility index (Phi) is 7.50. The smallest absolute Gasteiger partial charge is 0.261 e.